The second kappa shape index (κ2) is 7.64. The summed E-state index contributed by atoms with van der Waals surface area (Å²) < 4.78 is 6.21. The molecule has 3 saturated heterocycles. The van der Waals surface area contributed by atoms with Crippen molar-refractivity contribution in [2.45, 2.75) is 76.8 Å². The molecule has 0 aromatic heterocycles. The maximum atomic E-state index is 14.0. The highest BCUT2D eigenvalue weighted by atomic mass is 16.5. The second-order valence-electron chi connectivity index (χ2n) is 10.0. The molecule has 3 fully saturated rings. The van der Waals surface area contributed by atoms with Crippen LogP contribution in [-0.4, -0.2) is 80.3 Å². The molecule has 0 aromatic carbocycles. The number of rotatable bonds is 7. The van der Waals surface area contributed by atoms with Gasteiger partial charge in [0.25, 0.3) is 0 Å². The number of likely N-dealkylation sites (tertiary alicyclic amines) is 1. The third-order valence-electron chi connectivity index (χ3n) is 6.96. The molecule has 0 saturated carbocycles. The number of aliphatic carboxylic acids is 1. The summed E-state index contributed by atoms with van der Waals surface area (Å²) in [5, 5.41) is 19.9. The minimum absolute atomic E-state index is 0.118. The largest absolute Gasteiger partial charge is 0.481 e. The van der Waals surface area contributed by atoms with Crippen molar-refractivity contribution in [1.29, 1.82) is 0 Å². The summed E-state index contributed by atoms with van der Waals surface area (Å²) in [7, 11) is 0. The third-order valence-corrected chi connectivity index (χ3v) is 6.96. The molecule has 2 N–H and O–H groups in total. The molecule has 6 atom stereocenters. The lowest BCUT2D eigenvalue weighted by Crippen LogP contribution is -2.62. The smallest absolute Gasteiger partial charge is 0.310 e. The Labute approximate surface area is 177 Å². The molecule has 1 spiro atoms. The van der Waals surface area contributed by atoms with Gasteiger partial charge in [0.05, 0.1) is 30.6 Å². The predicted octanol–water partition coefficient (Wildman–Crippen LogP) is 1.28. The van der Waals surface area contributed by atoms with Crippen LogP contribution in [0, 0.1) is 17.8 Å². The Morgan fingerprint density at radius 2 is 2.03 bits per heavy atom. The van der Waals surface area contributed by atoms with Crippen LogP contribution < -0.4 is 0 Å². The van der Waals surface area contributed by atoms with E-state index in [-0.39, 0.29) is 18.4 Å². The zero-order valence-electron chi connectivity index (χ0n) is 18.5. The van der Waals surface area contributed by atoms with Gasteiger partial charge < -0.3 is 24.7 Å². The monoisotopic (exact) mass is 422 g/mol. The first kappa shape index (κ1) is 22.7. The Morgan fingerprint density at radius 1 is 1.40 bits per heavy atom. The molecule has 0 aromatic rings. The number of amides is 2. The van der Waals surface area contributed by atoms with Crippen LogP contribution in [-0.2, 0) is 19.1 Å². The van der Waals surface area contributed by atoms with Gasteiger partial charge in [0.15, 0.2) is 0 Å². The van der Waals surface area contributed by atoms with Gasteiger partial charge >= 0.3 is 5.97 Å². The Kier molecular flexibility index (Phi) is 5.79. The molecular formula is C22H34N2O6. The molecule has 8 heteroatoms. The fourth-order valence-electron chi connectivity index (χ4n) is 5.60. The average molecular weight is 423 g/mol. The lowest BCUT2D eigenvalue weighted by atomic mass is 9.70. The zero-order chi connectivity index (χ0) is 22.6. The molecule has 3 heterocycles. The van der Waals surface area contributed by atoms with E-state index in [1.807, 2.05) is 34.6 Å². The van der Waals surface area contributed by atoms with Crippen molar-refractivity contribution in [2.75, 3.05) is 13.2 Å². The van der Waals surface area contributed by atoms with Crippen LogP contribution in [0.2, 0.25) is 0 Å². The Morgan fingerprint density at radius 3 is 2.50 bits per heavy atom. The fourth-order valence-corrected chi connectivity index (χ4v) is 5.60. The Hall–Kier alpha value is -1.93. The van der Waals surface area contributed by atoms with Crippen molar-refractivity contribution in [3.8, 4) is 0 Å². The number of hydrogen-bond donors (Lipinski definition) is 2. The molecule has 2 bridgehead atoms. The number of ether oxygens (including phenoxy) is 1. The lowest BCUT2D eigenvalue weighted by molar-refractivity contribution is -0.156. The van der Waals surface area contributed by atoms with E-state index in [0.717, 1.165) is 0 Å². The highest BCUT2D eigenvalue weighted by Crippen LogP contribution is 2.59. The molecule has 0 radical (unpaired) electrons. The average Bonchev–Trinajstić information content (AvgIpc) is 3.26. The van der Waals surface area contributed by atoms with Crippen LogP contribution in [0.4, 0.5) is 0 Å². The van der Waals surface area contributed by atoms with Crippen molar-refractivity contribution < 1.29 is 29.3 Å². The van der Waals surface area contributed by atoms with Crippen molar-refractivity contribution in [3.05, 3.63) is 12.7 Å². The molecule has 3 aliphatic rings. The molecular weight excluding hydrogens is 388 g/mol. The van der Waals surface area contributed by atoms with Gasteiger partial charge in [-0.15, -0.1) is 6.58 Å². The van der Waals surface area contributed by atoms with Crippen LogP contribution in [0.5, 0.6) is 0 Å². The summed E-state index contributed by atoms with van der Waals surface area (Å²) in [4.78, 5) is 42.7. The van der Waals surface area contributed by atoms with Gasteiger partial charge in [-0.05, 0) is 39.5 Å². The molecule has 2 amide bonds. The Bertz CT molecular complexity index is 744. The predicted molar refractivity (Wildman–Crippen MR) is 109 cm³/mol. The molecule has 168 valence electrons. The number of aliphatic hydroxyl groups excluding tert-OH is 1. The summed E-state index contributed by atoms with van der Waals surface area (Å²) in [6.45, 7) is 13.2. The van der Waals surface area contributed by atoms with Gasteiger partial charge in [-0.3, -0.25) is 14.4 Å². The lowest BCUT2D eigenvalue weighted by Gasteiger charge is -2.44. The first-order valence-corrected chi connectivity index (χ1v) is 10.7. The van der Waals surface area contributed by atoms with Gasteiger partial charge in [-0.2, -0.15) is 0 Å². The quantitative estimate of drug-likeness (QED) is 0.599. The number of carboxylic acid groups (broad SMARTS) is 1. The van der Waals surface area contributed by atoms with Crippen molar-refractivity contribution in [1.82, 2.24) is 9.80 Å². The first-order chi connectivity index (χ1) is 13.9. The van der Waals surface area contributed by atoms with Crippen molar-refractivity contribution in [3.63, 3.8) is 0 Å². The molecule has 8 nitrogen and oxygen atoms in total. The highest BCUT2D eigenvalue weighted by molar-refractivity contribution is 5.98. The molecule has 3 aliphatic heterocycles. The maximum absolute atomic E-state index is 14.0. The van der Waals surface area contributed by atoms with Crippen LogP contribution in [0.3, 0.4) is 0 Å². The number of carbonyl (C=O) groups excluding carboxylic acids is 2. The van der Waals surface area contributed by atoms with Crippen LogP contribution >= 0.6 is 0 Å². The highest BCUT2D eigenvalue weighted by Gasteiger charge is 2.75. The SMILES string of the molecule is C=CCN(C(=O)[C@@H]1N([C@@H](CO)C(C)C)C(=O)[C@H]2[C@H](C(=O)O)[C@@H]3CC[C@]12O3)C(C)(C)C. The Balaban J connectivity index is 2.15. The topological polar surface area (TPSA) is 107 Å². The standard InChI is InChI=1S/C22H34N2O6/c1-7-10-23(21(4,5)6)19(27)17-22-9-8-14(30-22)15(20(28)29)16(22)18(26)24(17)13(11-25)12(2)3/h7,12-17,25H,1,8-11H2,2-6H3,(H,28,29)/t13-,14-,15+,16+,17-,22+/m0/s1. The van der Waals surface area contributed by atoms with Crippen LogP contribution in [0.25, 0.3) is 0 Å². The van der Waals surface area contributed by atoms with Gasteiger partial charge in [0.2, 0.25) is 11.8 Å². The van der Waals surface area contributed by atoms with Gasteiger partial charge in [0.1, 0.15) is 11.6 Å². The summed E-state index contributed by atoms with van der Waals surface area (Å²) in [5.41, 5.74) is -1.71. The third kappa shape index (κ3) is 3.15. The zero-order valence-corrected chi connectivity index (χ0v) is 18.5. The maximum Gasteiger partial charge on any atom is 0.310 e. The molecule has 0 unspecified atom stereocenters. The summed E-state index contributed by atoms with van der Waals surface area (Å²) in [6.07, 6.45) is 2.02. The van der Waals surface area contributed by atoms with E-state index < -0.39 is 53.0 Å². The number of aliphatic hydroxyl groups is 1. The summed E-state index contributed by atoms with van der Waals surface area (Å²) in [6, 6.07) is -1.57. The molecule has 30 heavy (non-hydrogen) atoms. The summed E-state index contributed by atoms with van der Waals surface area (Å²) >= 11 is 0. The molecule has 0 aliphatic carbocycles. The van der Waals surface area contributed by atoms with Gasteiger partial charge in [0, 0.05) is 12.1 Å². The number of carbonyl (C=O) groups is 3. The van der Waals surface area contributed by atoms with E-state index in [9.17, 15) is 24.6 Å². The first-order valence-electron chi connectivity index (χ1n) is 10.7. The second-order valence-corrected chi connectivity index (χ2v) is 10.0. The van der Waals surface area contributed by atoms with E-state index >= 15 is 0 Å². The van der Waals surface area contributed by atoms with Crippen molar-refractivity contribution >= 4 is 17.8 Å². The number of carboxylic acids is 1. The van der Waals surface area contributed by atoms with Crippen LogP contribution in [0.15, 0.2) is 12.7 Å². The van der Waals surface area contributed by atoms with E-state index in [0.29, 0.717) is 19.4 Å². The van der Waals surface area contributed by atoms with Crippen molar-refractivity contribution in [2.24, 2.45) is 17.8 Å². The van der Waals surface area contributed by atoms with E-state index in [1.165, 1.54) is 4.90 Å². The number of hydrogen-bond acceptors (Lipinski definition) is 5. The fraction of sp³-hybridized carbons (Fsp3) is 0.773. The number of fused-ring (bicyclic) bond motifs is 1. The minimum Gasteiger partial charge on any atom is -0.481 e. The number of nitrogens with zero attached hydrogens (tertiary/aromatic N) is 2. The normalized spacial score (nSPS) is 33.7. The van der Waals surface area contributed by atoms with Gasteiger partial charge in [-0.1, -0.05) is 19.9 Å². The van der Waals surface area contributed by atoms with Gasteiger partial charge in [-0.25, -0.2) is 0 Å². The minimum atomic E-state index is -1.17. The van der Waals surface area contributed by atoms with E-state index in [4.69, 9.17) is 4.74 Å². The van der Waals surface area contributed by atoms with E-state index in [1.54, 1.807) is 11.0 Å². The van der Waals surface area contributed by atoms with Crippen LogP contribution in [0.1, 0.15) is 47.5 Å². The molecule has 3 rings (SSSR count). The summed E-state index contributed by atoms with van der Waals surface area (Å²) in [5.74, 6) is -3.77. The van der Waals surface area contributed by atoms with E-state index in [2.05, 4.69) is 6.58 Å².